The van der Waals surface area contributed by atoms with Crippen LogP contribution in [0.1, 0.15) is 0 Å². The number of aromatic nitrogens is 2. The molecule has 0 spiro atoms. The Morgan fingerprint density at radius 1 is 1.00 bits per heavy atom. The summed E-state index contributed by atoms with van der Waals surface area (Å²) in [6.07, 6.45) is 2.66. The normalized spacial score (nSPS) is 11.2. The number of nitrogens with zero attached hydrogens (tertiary/aromatic N) is 2. The van der Waals surface area contributed by atoms with Gasteiger partial charge in [-0.3, -0.25) is 14.1 Å². The summed E-state index contributed by atoms with van der Waals surface area (Å²) in [5, 5.41) is 0.00698. The maximum absolute atomic E-state index is 11.1. The molecule has 6 heteroatoms. The number of hydrogen-bond donors (Lipinski definition) is 0. The van der Waals surface area contributed by atoms with Crippen LogP contribution in [0.4, 0.5) is 0 Å². The Morgan fingerprint density at radius 3 is 1.75 bits per heavy atom. The maximum Gasteiger partial charge on any atom is 0.293 e. The van der Waals surface area contributed by atoms with Crippen LogP contribution in [0.5, 0.6) is 0 Å². The first-order valence-electron chi connectivity index (χ1n) is 3.03. The van der Waals surface area contributed by atoms with E-state index in [1.165, 1.54) is 16.9 Å². The Hall–Kier alpha value is -1.00. The van der Waals surface area contributed by atoms with E-state index in [1.807, 2.05) is 0 Å². The highest BCUT2D eigenvalue weighted by Crippen LogP contribution is 2.04. The third-order valence-electron chi connectivity index (χ3n) is 1.52. The zero-order chi connectivity index (χ0) is 8.88. The number of fused-ring (bicyclic) bond motifs is 1. The standard InChI is InChI=1S/C6H2Cl2N2O2/c7-3-1-9-2-4(8)6(12)10(9)5(3)11/h1-2H. The second kappa shape index (κ2) is 2.24. The molecule has 0 aromatic carbocycles. The summed E-state index contributed by atoms with van der Waals surface area (Å²) in [7, 11) is 0. The molecule has 2 aromatic heterocycles. The van der Waals surface area contributed by atoms with Crippen LogP contribution in [0.15, 0.2) is 22.0 Å². The van der Waals surface area contributed by atoms with Crippen molar-refractivity contribution >= 4 is 23.2 Å². The monoisotopic (exact) mass is 204 g/mol. The fourth-order valence-electron chi connectivity index (χ4n) is 1.000. The highest BCUT2D eigenvalue weighted by atomic mass is 35.5. The lowest BCUT2D eigenvalue weighted by atomic mass is 10.6. The molecule has 0 saturated carbocycles. The molecule has 0 amide bonds. The first-order valence-corrected chi connectivity index (χ1v) is 3.78. The second-order valence-corrected chi connectivity index (χ2v) is 3.07. The van der Waals surface area contributed by atoms with Gasteiger partial charge in [0.25, 0.3) is 11.1 Å². The molecular formula is C6H2Cl2N2O2. The summed E-state index contributed by atoms with van der Waals surface area (Å²) >= 11 is 11.0. The highest BCUT2D eigenvalue weighted by Gasteiger charge is 2.10. The van der Waals surface area contributed by atoms with Gasteiger partial charge in [0.15, 0.2) is 0 Å². The van der Waals surface area contributed by atoms with E-state index in [0.29, 0.717) is 0 Å². The molecule has 0 bridgehead atoms. The van der Waals surface area contributed by atoms with Gasteiger partial charge in [-0.15, -0.1) is 0 Å². The minimum Gasteiger partial charge on any atom is -0.266 e. The van der Waals surface area contributed by atoms with E-state index in [4.69, 9.17) is 23.2 Å². The SMILES string of the molecule is O=c1c(Cl)cn2cc(Cl)c(=O)n12. The molecule has 0 aliphatic rings. The van der Waals surface area contributed by atoms with Gasteiger partial charge in [-0.2, -0.15) is 4.52 Å². The Balaban J connectivity index is 3.16. The zero-order valence-electron chi connectivity index (χ0n) is 5.62. The smallest absolute Gasteiger partial charge is 0.266 e. The van der Waals surface area contributed by atoms with Gasteiger partial charge >= 0.3 is 0 Å². The highest BCUT2D eigenvalue weighted by molar-refractivity contribution is 6.31. The molecule has 0 atom stereocenters. The fraction of sp³-hybridized carbons (Fsp3) is 0. The molecule has 62 valence electrons. The average Bonchev–Trinajstić information content (AvgIpc) is 2.40. The molecule has 0 N–H and O–H groups in total. The van der Waals surface area contributed by atoms with Crippen LogP contribution in [0.3, 0.4) is 0 Å². The molecular weight excluding hydrogens is 203 g/mol. The van der Waals surface area contributed by atoms with Crippen LogP contribution in [0, 0.1) is 0 Å². The van der Waals surface area contributed by atoms with Crippen molar-refractivity contribution in [3.05, 3.63) is 43.1 Å². The van der Waals surface area contributed by atoms with E-state index in [1.54, 1.807) is 0 Å². The third-order valence-corrected chi connectivity index (χ3v) is 2.03. The summed E-state index contributed by atoms with van der Waals surface area (Å²) in [6.45, 7) is 0. The number of hydrogen-bond acceptors (Lipinski definition) is 2. The second-order valence-electron chi connectivity index (χ2n) is 2.26. The third kappa shape index (κ3) is 0.790. The summed E-state index contributed by atoms with van der Waals surface area (Å²) in [5.74, 6) is 0. The molecule has 12 heavy (non-hydrogen) atoms. The predicted octanol–water partition coefficient (Wildman–Crippen LogP) is 0.504. The first kappa shape index (κ1) is 7.64. The quantitative estimate of drug-likeness (QED) is 0.628. The molecule has 4 nitrogen and oxygen atoms in total. The minimum atomic E-state index is -0.548. The van der Waals surface area contributed by atoms with Crippen LogP contribution < -0.4 is 11.1 Å². The Bertz CT molecular complexity index is 496. The predicted molar refractivity (Wildman–Crippen MR) is 44.6 cm³/mol. The van der Waals surface area contributed by atoms with Crippen LogP contribution in [-0.4, -0.2) is 9.03 Å². The molecule has 0 aliphatic heterocycles. The molecule has 0 unspecified atom stereocenters. The van der Waals surface area contributed by atoms with Gasteiger partial charge in [0.2, 0.25) is 0 Å². The first-order chi connectivity index (χ1) is 5.61. The van der Waals surface area contributed by atoms with E-state index in [0.717, 1.165) is 4.52 Å². The Labute approximate surface area is 75.9 Å². The van der Waals surface area contributed by atoms with Crippen molar-refractivity contribution in [1.29, 1.82) is 0 Å². The lowest BCUT2D eigenvalue weighted by molar-refractivity contribution is 0.805. The fourth-order valence-corrected chi connectivity index (χ4v) is 1.36. The molecule has 0 aliphatic carbocycles. The van der Waals surface area contributed by atoms with E-state index >= 15 is 0 Å². The molecule has 2 heterocycles. The number of halogens is 2. The lowest BCUT2D eigenvalue weighted by Crippen LogP contribution is -2.21. The Kier molecular flexibility index (Phi) is 1.43. The van der Waals surface area contributed by atoms with Gasteiger partial charge in [-0.05, 0) is 0 Å². The van der Waals surface area contributed by atoms with Crippen molar-refractivity contribution in [2.24, 2.45) is 0 Å². The summed E-state index contributed by atoms with van der Waals surface area (Å²) < 4.78 is 2.12. The van der Waals surface area contributed by atoms with Gasteiger partial charge in [0.1, 0.15) is 10.0 Å². The maximum atomic E-state index is 11.1. The number of rotatable bonds is 0. The van der Waals surface area contributed by atoms with Crippen LogP contribution in [0.25, 0.3) is 0 Å². The van der Waals surface area contributed by atoms with Gasteiger partial charge < -0.3 is 0 Å². The topological polar surface area (TPSA) is 43.0 Å². The molecule has 0 saturated heterocycles. The van der Waals surface area contributed by atoms with Crippen molar-refractivity contribution in [2.45, 2.75) is 0 Å². The van der Waals surface area contributed by atoms with Crippen molar-refractivity contribution in [2.75, 3.05) is 0 Å². The molecule has 2 rings (SSSR count). The van der Waals surface area contributed by atoms with Crippen molar-refractivity contribution in [1.82, 2.24) is 9.03 Å². The molecule has 2 aromatic rings. The van der Waals surface area contributed by atoms with Gasteiger partial charge in [-0.1, -0.05) is 23.2 Å². The molecule has 0 radical (unpaired) electrons. The average molecular weight is 205 g/mol. The van der Waals surface area contributed by atoms with Crippen molar-refractivity contribution < 1.29 is 0 Å². The van der Waals surface area contributed by atoms with Gasteiger partial charge in [-0.25, -0.2) is 0 Å². The van der Waals surface area contributed by atoms with E-state index in [2.05, 4.69) is 0 Å². The van der Waals surface area contributed by atoms with Gasteiger partial charge in [0.05, 0.1) is 12.4 Å². The van der Waals surface area contributed by atoms with Crippen LogP contribution >= 0.6 is 23.2 Å². The van der Waals surface area contributed by atoms with E-state index < -0.39 is 11.1 Å². The van der Waals surface area contributed by atoms with Gasteiger partial charge in [0, 0.05) is 0 Å². The van der Waals surface area contributed by atoms with E-state index in [9.17, 15) is 9.59 Å². The van der Waals surface area contributed by atoms with E-state index in [-0.39, 0.29) is 10.0 Å². The van der Waals surface area contributed by atoms with Crippen molar-refractivity contribution in [3.63, 3.8) is 0 Å². The van der Waals surface area contributed by atoms with Crippen LogP contribution in [0.2, 0.25) is 10.0 Å². The minimum absolute atomic E-state index is 0.00349. The largest absolute Gasteiger partial charge is 0.293 e. The summed E-state index contributed by atoms with van der Waals surface area (Å²) in [6, 6.07) is 0. The lowest BCUT2D eigenvalue weighted by Gasteiger charge is -1.78. The van der Waals surface area contributed by atoms with Crippen LogP contribution in [-0.2, 0) is 0 Å². The Morgan fingerprint density at radius 2 is 1.42 bits per heavy atom. The zero-order valence-corrected chi connectivity index (χ0v) is 7.13. The van der Waals surface area contributed by atoms with Crippen molar-refractivity contribution in [3.8, 4) is 0 Å². The summed E-state index contributed by atoms with van der Waals surface area (Å²) in [5.41, 5.74) is -1.10. The summed E-state index contributed by atoms with van der Waals surface area (Å²) in [4.78, 5) is 22.2. The molecule has 0 fully saturated rings.